The number of nitrogens with zero attached hydrogens (tertiary/aromatic N) is 3. The number of aromatic carboxylic acids is 1. The van der Waals surface area contributed by atoms with Gasteiger partial charge in [-0.3, -0.25) is 9.69 Å². The third kappa shape index (κ3) is 6.07. The zero-order chi connectivity index (χ0) is 23.2. The van der Waals surface area contributed by atoms with Crippen molar-refractivity contribution in [2.24, 2.45) is 0 Å². The molecule has 1 aromatic carbocycles. The first-order valence-electron chi connectivity index (χ1n) is 13.1. The van der Waals surface area contributed by atoms with E-state index >= 15 is 0 Å². The predicted molar refractivity (Wildman–Crippen MR) is 139 cm³/mol. The Labute approximate surface area is 204 Å². The van der Waals surface area contributed by atoms with Gasteiger partial charge in [0.25, 0.3) is 5.56 Å². The van der Waals surface area contributed by atoms with Crippen LogP contribution in [0.25, 0.3) is 11.0 Å². The maximum Gasteiger partial charge on any atom is 0.360 e. The molecule has 6 nitrogen and oxygen atoms in total. The highest BCUT2D eigenvalue weighted by atomic mass is 16.4. The van der Waals surface area contributed by atoms with Crippen LogP contribution < -0.4 is 5.56 Å². The molecule has 2 heterocycles. The van der Waals surface area contributed by atoms with Crippen LogP contribution in [-0.4, -0.2) is 44.2 Å². The van der Waals surface area contributed by atoms with E-state index in [4.69, 9.17) is 0 Å². The Balaban J connectivity index is 0.00000324. The van der Waals surface area contributed by atoms with E-state index in [0.29, 0.717) is 17.6 Å². The number of carbonyl (C=O) groups is 1. The van der Waals surface area contributed by atoms with Gasteiger partial charge in [-0.2, -0.15) is 0 Å². The normalized spacial score (nSPS) is 22.1. The van der Waals surface area contributed by atoms with Gasteiger partial charge < -0.3 is 9.67 Å². The molecule has 1 saturated heterocycles. The number of likely N-dealkylation sites (tertiary alicyclic amines) is 1. The minimum absolute atomic E-state index is 0. The van der Waals surface area contributed by atoms with E-state index in [9.17, 15) is 14.7 Å². The molecule has 1 saturated carbocycles. The molecule has 1 N–H and O–H groups in total. The molecule has 1 aromatic heterocycles. The Kier molecular flexibility index (Phi) is 9.69. The van der Waals surface area contributed by atoms with Crippen molar-refractivity contribution in [1.29, 1.82) is 0 Å². The topological polar surface area (TPSA) is 75.4 Å². The minimum Gasteiger partial charge on any atom is -0.476 e. The number of benzene rings is 1. The summed E-state index contributed by atoms with van der Waals surface area (Å²) in [5.41, 5.74) is 0.402. The summed E-state index contributed by atoms with van der Waals surface area (Å²) in [6, 6.07) is 8.40. The number of rotatable bonds is 5. The number of para-hydroxylation sites is 2. The van der Waals surface area contributed by atoms with Crippen LogP contribution >= 0.6 is 0 Å². The molecule has 2 atom stereocenters. The molecule has 0 bridgehead atoms. The van der Waals surface area contributed by atoms with Crippen LogP contribution in [0.1, 0.15) is 114 Å². The maximum absolute atomic E-state index is 13.1. The van der Waals surface area contributed by atoms with Crippen LogP contribution in [0.2, 0.25) is 0 Å². The molecule has 0 amide bonds. The molecular weight excluding hydrogens is 426 g/mol. The first-order chi connectivity index (χ1) is 16.1. The number of hydrogen-bond donors (Lipinski definition) is 1. The maximum atomic E-state index is 13.1. The van der Waals surface area contributed by atoms with Crippen molar-refractivity contribution < 1.29 is 9.90 Å². The van der Waals surface area contributed by atoms with E-state index in [1.807, 2.05) is 18.2 Å². The zero-order valence-corrected chi connectivity index (χ0v) is 20.0. The fraction of sp³-hybridized carbons (Fsp3) is 0.679. The van der Waals surface area contributed by atoms with Crippen LogP contribution in [0.15, 0.2) is 29.1 Å². The third-order valence-electron chi connectivity index (χ3n) is 7.78. The van der Waals surface area contributed by atoms with E-state index in [-0.39, 0.29) is 19.2 Å². The second-order valence-corrected chi connectivity index (χ2v) is 10.1. The Bertz CT molecular complexity index is 990. The first kappa shape index (κ1) is 26.4. The quantitative estimate of drug-likeness (QED) is 0.546. The molecule has 2 fully saturated rings. The molecule has 1 aliphatic heterocycles. The van der Waals surface area contributed by atoms with Crippen molar-refractivity contribution in [3.05, 3.63) is 40.3 Å². The van der Waals surface area contributed by atoms with Gasteiger partial charge >= 0.3 is 5.97 Å². The molecular formula is C28H43N3O3. The average Bonchev–Trinajstić information content (AvgIpc) is 2.77. The van der Waals surface area contributed by atoms with Crippen LogP contribution in [0.4, 0.5) is 0 Å². The van der Waals surface area contributed by atoms with E-state index in [2.05, 4.69) is 16.8 Å². The van der Waals surface area contributed by atoms with E-state index in [0.717, 1.165) is 24.9 Å². The molecule has 6 heteroatoms. The van der Waals surface area contributed by atoms with Gasteiger partial charge in [0.15, 0.2) is 0 Å². The fourth-order valence-corrected chi connectivity index (χ4v) is 5.90. The Hall–Kier alpha value is -2.21. The summed E-state index contributed by atoms with van der Waals surface area (Å²) in [6.45, 7) is 3.20. The second-order valence-electron chi connectivity index (χ2n) is 10.1. The molecule has 2 aliphatic rings. The smallest absolute Gasteiger partial charge is 0.360 e. The van der Waals surface area contributed by atoms with Crippen molar-refractivity contribution in [2.75, 3.05) is 6.54 Å². The molecule has 1 aliphatic carbocycles. The van der Waals surface area contributed by atoms with Crippen molar-refractivity contribution >= 4 is 17.0 Å². The summed E-state index contributed by atoms with van der Waals surface area (Å²) < 4.78 is 1.67. The summed E-state index contributed by atoms with van der Waals surface area (Å²) in [4.78, 5) is 31.5. The number of hydrogen-bond acceptors (Lipinski definition) is 4. The predicted octanol–water partition coefficient (Wildman–Crippen LogP) is 6.43. The third-order valence-corrected chi connectivity index (χ3v) is 7.78. The molecule has 0 spiro atoms. The SMILES string of the molecule is C.CC(CC1CCN1C1CCCCCCCCCCC1)n1c(=O)c(C(=O)O)nc2ccccc21. The fourth-order valence-electron chi connectivity index (χ4n) is 5.90. The Morgan fingerprint density at radius 3 is 2.15 bits per heavy atom. The van der Waals surface area contributed by atoms with Crippen molar-refractivity contribution in [3.8, 4) is 0 Å². The summed E-state index contributed by atoms with van der Waals surface area (Å²) in [5.74, 6) is -1.26. The molecule has 34 heavy (non-hydrogen) atoms. The summed E-state index contributed by atoms with van der Waals surface area (Å²) >= 11 is 0. The highest BCUT2D eigenvalue weighted by molar-refractivity contribution is 5.88. The number of aromatic nitrogens is 2. The number of fused-ring (bicyclic) bond motifs is 1. The number of carboxylic acid groups (broad SMARTS) is 1. The van der Waals surface area contributed by atoms with E-state index in [1.54, 1.807) is 10.6 Å². The Morgan fingerprint density at radius 2 is 1.59 bits per heavy atom. The van der Waals surface area contributed by atoms with Crippen LogP contribution in [0, 0.1) is 0 Å². The minimum atomic E-state index is -1.26. The van der Waals surface area contributed by atoms with Gasteiger partial charge in [0.1, 0.15) is 0 Å². The lowest BCUT2D eigenvalue weighted by molar-refractivity contribution is 0.0185. The van der Waals surface area contributed by atoms with Crippen LogP contribution in [0.3, 0.4) is 0 Å². The molecule has 188 valence electrons. The first-order valence-corrected chi connectivity index (χ1v) is 13.1. The van der Waals surface area contributed by atoms with Crippen molar-refractivity contribution in [2.45, 2.75) is 116 Å². The van der Waals surface area contributed by atoms with Crippen molar-refractivity contribution in [1.82, 2.24) is 14.5 Å². The summed E-state index contributed by atoms with van der Waals surface area (Å²) in [7, 11) is 0. The lowest BCUT2D eigenvalue weighted by Gasteiger charge is -2.47. The van der Waals surface area contributed by atoms with Gasteiger partial charge in [-0.25, -0.2) is 9.78 Å². The van der Waals surface area contributed by atoms with Gasteiger partial charge in [-0.15, -0.1) is 0 Å². The summed E-state index contributed by atoms with van der Waals surface area (Å²) in [5, 5.41) is 9.53. The van der Waals surface area contributed by atoms with Gasteiger partial charge in [-0.1, -0.05) is 77.3 Å². The lowest BCUT2D eigenvalue weighted by atomic mass is 9.89. The van der Waals surface area contributed by atoms with Crippen LogP contribution in [-0.2, 0) is 0 Å². The highest BCUT2D eigenvalue weighted by Gasteiger charge is 2.35. The largest absolute Gasteiger partial charge is 0.476 e. The molecule has 4 rings (SSSR count). The van der Waals surface area contributed by atoms with Crippen LogP contribution in [0.5, 0.6) is 0 Å². The van der Waals surface area contributed by atoms with Gasteiger partial charge in [0, 0.05) is 24.7 Å². The van der Waals surface area contributed by atoms with Gasteiger partial charge in [0.05, 0.1) is 11.0 Å². The van der Waals surface area contributed by atoms with E-state index < -0.39 is 11.5 Å². The van der Waals surface area contributed by atoms with E-state index in [1.165, 1.54) is 70.6 Å². The van der Waals surface area contributed by atoms with Gasteiger partial charge in [-0.05, 0) is 44.7 Å². The van der Waals surface area contributed by atoms with Crippen molar-refractivity contribution in [3.63, 3.8) is 0 Å². The number of carboxylic acids is 1. The summed E-state index contributed by atoms with van der Waals surface area (Å²) in [6.07, 6.45) is 16.9. The monoisotopic (exact) mass is 469 g/mol. The average molecular weight is 470 g/mol. The Morgan fingerprint density at radius 1 is 1.00 bits per heavy atom. The highest BCUT2D eigenvalue weighted by Crippen LogP contribution is 2.33. The standard InChI is InChI=1S/C27H39N3O3.CH4/c1-20(30-24-16-12-11-15-23(24)28-25(26(30)31)27(32)33)19-22-17-18-29(22)21-13-9-7-5-3-2-4-6-8-10-14-21;/h11-12,15-16,20-22H,2-10,13-14,17-19H2,1H3,(H,32,33);1H4. The second kappa shape index (κ2) is 12.5. The molecule has 2 unspecified atom stereocenters. The molecule has 2 aromatic rings. The lowest BCUT2D eigenvalue weighted by Crippen LogP contribution is -2.54. The molecule has 0 radical (unpaired) electrons. The zero-order valence-electron chi connectivity index (χ0n) is 20.0. The van der Waals surface area contributed by atoms with Gasteiger partial charge in [0.2, 0.25) is 5.69 Å².